The number of nitrogens with one attached hydrogen (secondary N) is 1. The molecule has 0 aromatic heterocycles. The van der Waals surface area contributed by atoms with Crippen molar-refractivity contribution in [1.29, 1.82) is 0 Å². The van der Waals surface area contributed by atoms with Crippen molar-refractivity contribution in [1.82, 2.24) is 5.32 Å². The first-order valence-corrected chi connectivity index (χ1v) is 11.6. The van der Waals surface area contributed by atoms with Crippen molar-refractivity contribution in [2.75, 3.05) is 24.0 Å². The van der Waals surface area contributed by atoms with Crippen molar-refractivity contribution >= 4 is 38.9 Å². The van der Waals surface area contributed by atoms with E-state index in [2.05, 4.69) is 5.32 Å². The molecule has 0 aliphatic heterocycles. The molecule has 0 bridgehead atoms. The second kappa shape index (κ2) is 10.8. The Morgan fingerprint density at radius 1 is 1.00 bits per heavy atom. The lowest BCUT2D eigenvalue weighted by Crippen LogP contribution is -2.41. The summed E-state index contributed by atoms with van der Waals surface area (Å²) in [6.07, 6.45) is 0. The number of hydrogen-bond donors (Lipinski definition) is 1. The molecule has 3 aromatic carbocycles. The van der Waals surface area contributed by atoms with Gasteiger partial charge in [0.1, 0.15) is 18.9 Å². The largest absolute Gasteiger partial charge is 0.492 e. The Morgan fingerprint density at radius 3 is 2.24 bits per heavy atom. The van der Waals surface area contributed by atoms with Crippen LogP contribution in [0.15, 0.2) is 83.8 Å². The van der Waals surface area contributed by atoms with Gasteiger partial charge in [0.2, 0.25) is 5.91 Å². The molecule has 11 heteroatoms. The number of hydrogen-bond acceptors (Lipinski definition) is 6. The van der Waals surface area contributed by atoms with Gasteiger partial charge in [-0.15, -0.1) is 0 Å². The number of nitrogens with zero attached hydrogens (tertiary/aromatic N) is 2. The Bertz CT molecular complexity index is 1200. The van der Waals surface area contributed by atoms with E-state index in [-0.39, 0.29) is 29.4 Å². The van der Waals surface area contributed by atoms with Crippen molar-refractivity contribution in [3.63, 3.8) is 0 Å². The normalized spacial score (nSPS) is 10.9. The lowest BCUT2D eigenvalue weighted by Gasteiger charge is -2.24. The third-order valence-corrected chi connectivity index (χ3v) is 6.51. The minimum Gasteiger partial charge on any atom is -0.492 e. The van der Waals surface area contributed by atoms with Crippen LogP contribution in [0.25, 0.3) is 0 Å². The molecule has 172 valence electrons. The fourth-order valence-electron chi connectivity index (χ4n) is 2.85. The maximum absolute atomic E-state index is 13.2. The van der Waals surface area contributed by atoms with E-state index in [1.54, 1.807) is 42.5 Å². The maximum Gasteiger partial charge on any atom is 0.269 e. The van der Waals surface area contributed by atoms with Crippen LogP contribution in [0.3, 0.4) is 0 Å². The minimum absolute atomic E-state index is 0.0118. The highest BCUT2D eigenvalue weighted by atomic mass is 35.5. The Morgan fingerprint density at radius 2 is 1.64 bits per heavy atom. The fraction of sp³-hybridized carbons (Fsp3) is 0.136. The molecule has 3 aromatic rings. The number of sulfonamides is 1. The number of carbonyl (C=O) groups is 1. The second-order valence-electron chi connectivity index (χ2n) is 6.75. The quantitative estimate of drug-likeness (QED) is 0.264. The van der Waals surface area contributed by atoms with E-state index in [0.29, 0.717) is 10.8 Å². The molecule has 0 aliphatic carbocycles. The fourth-order valence-corrected chi connectivity index (χ4v) is 4.42. The van der Waals surface area contributed by atoms with Gasteiger partial charge >= 0.3 is 0 Å². The number of halogens is 1. The molecule has 0 unspecified atom stereocenters. The number of benzene rings is 3. The van der Waals surface area contributed by atoms with Gasteiger partial charge in [-0.3, -0.25) is 19.2 Å². The van der Waals surface area contributed by atoms with Crippen LogP contribution < -0.4 is 14.4 Å². The van der Waals surface area contributed by atoms with Crippen molar-refractivity contribution < 1.29 is 22.9 Å². The number of carbonyl (C=O) groups excluding carboxylic acids is 1. The monoisotopic (exact) mass is 489 g/mol. The standard InChI is InChI=1S/C22H20ClN3O6S/c23-17-6-12-20(13-7-17)32-15-14-24-22(27)16-25(18-8-10-19(11-9-18)26(28)29)33(30,31)21-4-2-1-3-5-21/h1-13H,14-16H2,(H,24,27). The first-order valence-electron chi connectivity index (χ1n) is 9.75. The number of non-ortho nitro benzene ring substituents is 1. The second-order valence-corrected chi connectivity index (χ2v) is 9.05. The van der Waals surface area contributed by atoms with Gasteiger partial charge < -0.3 is 10.1 Å². The highest BCUT2D eigenvalue weighted by molar-refractivity contribution is 7.92. The van der Waals surface area contributed by atoms with E-state index in [1.807, 2.05) is 0 Å². The van der Waals surface area contributed by atoms with Crippen LogP contribution in [-0.4, -0.2) is 38.9 Å². The smallest absolute Gasteiger partial charge is 0.269 e. The van der Waals surface area contributed by atoms with E-state index in [0.717, 1.165) is 4.31 Å². The van der Waals surface area contributed by atoms with Crippen LogP contribution in [0.1, 0.15) is 0 Å². The topological polar surface area (TPSA) is 119 Å². The number of ether oxygens (including phenoxy) is 1. The van der Waals surface area contributed by atoms with E-state index < -0.39 is 27.4 Å². The molecule has 0 fully saturated rings. The molecule has 9 nitrogen and oxygen atoms in total. The van der Waals surface area contributed by atoms with E-state index in [9.17, 15) is 23.3 Å². The molecular weight excluding hydrogens is 470 g/mol. The number of nitro benzene ring substituents is 1. The summed E-state index contributed by atoms with van der Waals surface area (Å²) in [5.74, 6) is 0.0142. The molecule has 3 rings (SSSR count). The Kier molecular flexibility index (Phi) is 7.86. The van der Waals surface area contributed by atoms with E-state index in [4.69, 9.17) is 16.3 Å². The lowest BCUT2D eigenvalue weighted by molar-refractivity contribution is -0.384. The van der Waals surface area contributed by atoms with Crippen molar-refractivity contribution in [2.24, 2.45) is 0 Å². The number of anilines is 1. The molecular formula is C22H20ClN3O6S. The molecule has 0 saturated carbocycles. The van der Waals surface area contributed by atoms with Crippen LogP contribution in [0.2, 0.25) is 5.02 Å². The molecule has 1 N–H and O–H groups in total. The third kappa shape index (κ3) is 6.43. The van der Waals surface area contributed by atoms with Crippen LogP contribution in [-0.2, 0) is 14.8 Å². The zero-order valence-electron chi connectivity index (χ0n) is 17.3. The summed E-state index contributed by atoms with van der Waals surface area (Å²) in [5, 5.41) is 14.1. The van der Waals surface area contributed by atoms with Gasteiger partial charge in [-0.2, -0.15) is 0 Å². The Balaban J connectivity index is 1.71. The van der Waals surface area contributed by atoms with Crippen molar-refractivity contribution in [3.05, 3.63) is 94.0 Å². The summed E-state index contributed by atoms with van der Waals surface area (Å²) in [7, 11) is -4.10. The summed E-state index contributed by atoms with van der Waals surface area (Å²) in [6.45, 7) is -0.215. The zero-order chi connectivity index (χ0) is 23.8. The Labute approximate surface area is 195 Å². The van der Waals surface area contributed by atoms with Gasteiger partial charge in [-0.05, 0) is 48.5 Å². The minimum atomic E-state index is -4.10. The average molecular weight is 490 g/mol. The lowest BCUT2D eigenvalue weighted by atomic mass is 10.3. The van der Waals surface area contributed by atoms with Gasteiger partial charge in [0.25, 0.3) is 15.7 Å². The molecule has 0 atom stereocenters. The summed E-state index contributed by atoms with van der Waals surface area (Å²) in [6, 6.07) is 19.3. The van der Waals surface area contributed by atoms with Crippen LogP contribution in [0, 0.1) is 10.1 Å². The number of amides is 1. The number of nitro groups is 1. The van der Waals surface area contributed by atoms with Gasteiger partial charge in [0.15, 0.2) is 0 Å². The molecule has 0 saturated heterocycles. The summed E-state index contributed by atoms with van der Waals surface area (Å²) in [5.41, 5.74) is -0.0726. The maximum atomic E-state index is 13.2. The molecule has 0 spiro atoms. The molecule has 0 radical (unpaired) electrons. The summed E-state index contributed by atoms with van der Waals surface area (Å²) in [4.78, 5) is 22.9. The van der Waals surface area contributed by atoms with Crippen LogP contribution in [0.4, 0.5) is 11.4 Å². The van der Waals surface area contributed by atoms with Gasteiger partial charge in [0, 0.05) is 17.2 Å². The van der Waals surface area contributed by atoms with E-state index >= 15 is 0 Å². The Hall–Kier alpha value is -3.63. The first-order chi connectivity index (χ1) is 15.8. The highest BCUT2D eigenvalue weighted by Gasteiger charge is 2.27. The van der Waals surface area contributed by atoms with Crippen molar-refractivity contribution in [2.45, 2.75) is 4.90 Å². The molecule has 1 amide bonds. The molecule has 0 heterocycles. The first kappa shape index (κ1) is 24.0. The van der Waals surface area contributed by atoms with Crippen molar-refractivity contribution in [3.8, 4) is 5.75 Å². The molecule has 33 heavy (non-hydrogen) atoms. The summed E-state index contributed by atoms with van der Waals surface area (Å²) >= 11 is 5.82. The van der Waals surface area contributed by atoms with Gasteiger partial charge in [-0.1, -0.05) is 29.8 Å². The summed E-state index contributed by atoms with van der Waals surface area (Å²) < 4.78 is 32.8. The third-order valence-electron chi connectivity index (χ3n) is 4.47. The average Bonchev–Trinajstić information content (AvgIpc) is 2.82. The van der Waals surface area contributed by atoms with Crippen LogP contribution in [0.5, 0.6) is 5.75 Å². The number of rotatable bonds is 10. The highest BCUT2D eigenvalue weighted by Crippen LogP contribution is 2.25. The SMILES string of the molecule is O=C(CN(c1ccc([N+](=O)[O-])cc1)S(=O)(=O)c1ccccc1)NCCOc1ccc(Cl)cc1. The zero-order valence-corrected chi connectivity index (χ0v) is 18.8. The van der Waals surface area contributed by atoms with Crippen LogP contribution >= 0.6 is 11.6 Å². The van der Waals surface area contributed by atoms with Gasteiger partial charge in [0.05, 0.1) is 22.1 Å². The molecule has 0 aliphatic rings. The predicted molar refractivity (Wildman–Crippen MR) is 124 cm³/mol. The van der Waals surface area contributed by atoms with E-state index in [1.165, 1.54) is 36.4 Å². The van der Waals surface area contributed by atoms with Gasteiger partial charge in [-0.25, -0.2) is 8.42 Å². The predicted octanol–water partition coefficient (Wildman–Crippen LogP) is 3.64.